The van der Waals surface area contributed by atoms with Crippen LogP contribution in [0.1, 0.15) is 0 Å². The second kappa shape index (κ2) is 13.4. The smallest absolute Gasteiger partial charge is 0.0541 e. The molecule has 0 fully saturated rings. The molecule has 0 aliphatic heterocycles. The van der Waals surface area contributed by atoms with E-state index in [4.69, 9.17) is 0 Å². The molecule has 0 aliphatic rings. The second-order valence-electron chi connectivity index (χ2n) is 14.5. The Hall–Kier alpha value is -7.00. The van der Waals surface area contributed by atoms with Crippen LogP contribution in [0.2, 0.25) is 0 Å². The van der Waals surface area contributed by atoms with Gasteiger partial charge in [-0.2, -0.15) is 0 Å². The average Bonchev–Trinajstić information content (AvgIpc) is 3.82. The van der Waals surface area contributed by atoms with E-state index in [0.29, 0.717) is 0 Å². The Kier molecular flexibility index (Phi) is 7.75. The first-order valence-corrected chi connectivity index (χ1v) is 20.0. The van der Waals surface area contributed by atoms with Gasteiger partial charge in [0.1, 0.15) is 0 Å². The Morgan fingerprint density at radius 2 is 0.607 bits per heavy atom. The molecule has 2 heterocycles. The number of aromatic nitrogens is 1. The highest BCUT2D eigenvalue weighted by Crippen LogP contribution is 2.39. The molecule has 262 valence electrons. The molecule has 0 radical (unpaired) electrons. The first-order chi connectivity index (χ1) is 27.7. The van der Waals surface area contributed by atoms with Crippen LogP contribution in [0, 0.1) is 0 Å². The topological polar surface area (TPSA) is 4.93 Å². The summed E-state index contributed by atoms with van der Waals surface area (Å²) < 4.78 is 5.09. The number of hydrogen-bond acceptors (Lipinski definition) is 1. The predicted molar refractivity (Wildman–Crippen MR) is 241 cm³/mol. The van der Waals surface area contributed by atoms with E-state index in [9.17, 15) is 0 Å². The Bertz CT molecular complexity index is 3090. The summed E-state index contributed by atoms with van der Waals surface area (Å²) in [5.74, 6) is 0. The van der Waals surface area contributed by atoms with Gasteiger partial charge < -0.3 is 4.57 Å². The number of benzene rings is 9. The summed E-state index contributed by atoms with van der Waals surface area (Å²) in [7, 11) is 0. The first-order valence-electron chi connectivity index (χ1n) is 19.2. The summed E-state index contributed by atoms with van der Waals surface area (Å²) in [6.07, 6.45) is 0. The van der Waals surface area contributed by atoms with Crippen molar-refractivity contribution in [3.8, 4) is 61.3 Å². The van der Waals surface area contributed by atoms with Crippen molar-refractivity contribution in [2.75, 3.05) is 0 Å². The molecule has 0 unspecified atom stereocenters. The molecule has 9 aromatic carbocycles. The molecule has 0 amide bonds. The summed E-state index contributed by atoms with van der Waals surface area (Å²) >= 11 is 1.86. The van der Waals surface area contributed by atoms with E-state index in [1.54, 1.807) is 0 Å². The van der Waals surface area contributed by atoms with Gasteiger partial charge in [-0.1, -0.05) is 158 Å². The number of hydrogen-bond donors (Lipinski definition) is 0. The molecule has 1 nitrogen and oxygen atoms in total. The van der Waals surface area contributed by atoms with Gasteiger partial charge in [0.15, 0.2) is 0 Å². The van der Waals surface area contributed by atoms with Gasteiger partial charge in [0.2, 0.25) is 0 Å². The minimum absolute atomic E-state index is 1.15. The fourth-order valence-electron chi connectivity index (χ4n) is 8.34. The van der Waals surface area contributed by atoms with Crippen molar-refractivity contribution in [1.29, 1.82) is 0 Å². The summed E-state index contributed by atoms with van der Waals surface area (Å²) in [6.45, 7) is 0. The molecule has 0 spiro atoms. The lowest BCUT2D eigenvalue weighted by Crippen LogP contribution is -1.94. The lowest BCUT2D eigenvalue weighted by molar-refractivity contribution is 1.18. The molecule has 56 heavy (non-hydrogen) atoms. The van der Waals surface area contributed by atoms with Gasteiger partial charge in [-0.15, -0.1) is 11.3 Å². The highest BCUT2D eigenvalue weighted by Gasteiger charge is 2.15. The third-order valence-corrected chi connectivity index (χ3v) is 12.4. The van der Waals surface area contributed by atoms with E-state index < -0.39 is 0 Å². The van der Waals surface area contributed by atoms with Gasteiger partial charge in [0, 0.05) is 36.6 Å². The molecule has 0 saturated heterocycles. The summed E-state index contributed by atoms with van der Waals surface area (Å²) in [6, 6.07) is 77.6. The van der Waals surface area contributed by atoms with Crippen molar-refractivity contribution in [2.45, 2.75) is 0 Å². The Morgan fingerprint density at radius 1 is 0.250 bits per heavy atom. The third-order valence-electron chi connectivity index (χ3n) is 11.3. The van der Waals surface area contributed by atoms with E-state index in [2.05, 4.69) is 217 Å². The molecule has 2 aromatic heterocycles. The van der Waals surface area contributed by atoms with E-state index in [0.717, 1.165) is 5.69 Å². The van der Waals surface area contributed by atoms with Crippen LogP contribution in [0.3, 0.4) is 0 Å². The second-order valence-corrected chi connectivity index (χ2v) is 15.6. The number of nitrogens with zero attached hydrogens (tertiary/aromatic N) is 1. The zero-order valence-electron chi connectivity index (χ0n) is 30.6. The van der Waals surface area contributed by atoms with Gasteiger partial charge in [0.25, 0.3) is 0 Å². The maximum atomic E-state index is 2.41. The Labute approximate surface area is 330 Å². The molecule has 0 N–H and O–H groups in total. The Balaban J connectivity index is 0.897. The molecule has 0 bridgehead atoms. The van der Waals surface area contributed by atoms with Crippen molar-refractivity contribution >= 4 is 53.3 Å². The van der Waals surface area contributed by atoms with Crippen molar-refractivity contribution in [1.82, 2.24) is 4.57 Å². The van der Waals surface area contributed by atoms with E-state index >= 15 is 0 Å². The van der Waals surface area contributed by atoms with Crippen LogP contribution in [0.15, 0.2) is 212 Å². The fourth-order valence-corrected chi connectivity index (χ4v) is 9.43. The highest BCUT2D eigenvalue weighted by molar-refractivity contribution is 7.25. The van der Waals surface area contributed by atoms with E-state index in [1.165, 1.54) is 97.6 Å². The van der Waals surface area contributed by atoms with Gasteiger partial charge in [-0.25, -0.2) is 0 Å². The monoisotopic (exact) mass is 729 g/mol. The van der Waals surface area contributed by atoms with Crippen LogP contribution in [-0.2, 0) is 0 Å². The van der Waals surface area contributed by atoms with Crippen LogP contribution in [0.4, 0.5) is 0 Å². The standard InChI is InChI=1S/C54H35NS/c1-3-9-36(10-4-1)43-25-30-51-48(33-43)49-34-44(37-11-5-2-6-12-37)26-31-52(49)55(51)46-28-23-41(24-29-46)40-17-15-38(16-18-40)39-19-21-42(22-20-39)45-27-32-54-50(35-45)47-13-7-8-14-53(47)56-54/h1-35H. The van der Waals surface area contributed by atoms with Crippen molar-refractivity contribution in [2.24, 2.45) is 0 Å². The average molecular weight is 730 g/mol. The number of thiophene rings is 1. The third kappa shape index (κ3) is 5.62. The quantitative estimate of drug-likeness (QED) is 0.161. The van der Waals surface area contributed by atoms with Crippen molar-refractivity contribution in [3.63, 3.8) is 0 Å². The molecule has 11 aromatic rings. The van der Waals surface area contributed by atoms with Gasteiger partial charge >= 0.3 is 0 Å². The molecule has 0 aliphatic carbocycles. The molecule has 0 atom stereocenters. The number of rotatable bonds is 6. The van der Waals surface area contributed by atoms with Gasteiger partial charge in [-0.05, 0) is 110 Å². The van der Waals surface area contributed by atoms with Crippen LogP contribution < -0.4 is 0 Å². The highest BCUT2D eigenvalue weighted by atomic mass is 32.1. The lowest BCUT2D eigenvalue weighted by atomic mass is 9.97. The maximum absolute atomic E-state index is 2.41. The zero-order chi connectivity index (χ0) is 37.0. The molecular formula is C54H35NS. The molecule has 0 saturated carbocycles. The first kappa shape index (κ1) is 32.4. The minimum atomic E-state index is 1.15. The van der Waals surface area contributed by atoms with Gasteiger partial charge in [0.05, 0.1) is 11.0 Å². The van der Waals surface area contributed by atoms with Crippen LogP contribution in [0.5, 0.6) is 0 Å². The SMILES string of the molecule is c1ccc(-c2ccc3c(c2)c2cc(-c4ccccc4)ccc2n3-c2ccc(-c3ccc(-c4ccc(-c5ccc6sc7ccccc7c6c5)cc4)cc3)cc2)cc1. The van der Waals surface area contributed by atoms with Crippen LogP contribution in [0.25, 0.3) is 103 Å². The van der Waals surface area contributed by atoms with Crippen LogP contribution in [-0.4, -0.2) is 4.57 Å². The molecular weight excluding hydrogens is 695 g/mol. The van der Waals surface area contributed by atoms with Crippen LogP contribution >= 0.6 is 11.3 Å². The molecule has 2 heteroatoms. The van der Waals surface area contributed by atoms with E-state index in [-0.39, 0.29) is 0 Å². The summed E-state index contributed by atoms with van der Waals surface area (Å²) in [5, 5.41) is 5.18. The van der Waals surface area contributed by atoms with Crippen molar-refractivity contribution < 1.29 is 0 Å². The fraction of sp³-hybridized carbons (Fsp3) is 0. The lowest BCUT2D eigenvalue weighted by Gasteiger charge is -2.11. The van der Waals surface area contributed by atoms with E-state index in [1.807, 2.05) is 11.3 Å². The largest absolute Gasteiger partial charge is 0.309 e. The minimum Gasteiger partial charge on any atom is -0.309 e. The Morgan fingerprint density at radius 3 is 1.12 bits per heavy atom. The zero-order valence-corrected chi connectivity index (χ0v) is 31.4. The maximum Gasteiger partial charge on any atom is 0.0541 e. The summed E-state index contributed by atoms with van der Waals surface area (Å²) in [4.78, 5) is 0. The van der Waals surface area contributed by atoms with Crippen molar-refractivity contribution in [3.05, 3.63) is 212 Å². The van der Waals surface area contributed by atoms with Gasteiger partial charge in [-0.3, -0.25) is 0 Å². The normalized spacial score (nSPS) is 11.6. The molecule has 11 rings (SSSR count). The predicted octanol–water partition coefficient (Wildman–Crippen LogP) is 15.5. The number of fused-ring (bicyclic) bond motifs is 6. The summed E-state index contributed by atoms with van der Waals surface area (Å²) in [5.41, 5.74) is 15.8.